The van der Waals surface area contributed by atoms with Crippen LogP contribution in [0.2, 0.25) is 0 Å². The van der Waals surface area contributed by atoms with Crippen molar-refractivity contribution < 1.29 is 22.7 Å². The zero-order chi connectivity index (χ0) is 25.3. The third-order valence-electron chi connectivity index (χ3n) is 6.46. The average Bonchev–Trinajstić information content (AvgIpc) is 3.24. The van der Waals surface area contributed by atoms with Crippen LogP contribution in [-0.4, -0.2) is 67.3 Å². The summed E-state index contributed by atoms with van der Waals surface area (Å²) in [5.41, 5.74) is 3.70. The SMILES string of the molecule is CSc1cc2c(cc1Nc1ncnc3[nH]c4c(c13)C[C@@H](C(=O)NCCCS(C)(=O)=O)CC4)OCCO2. The summed E-state index contributed by atoms with van der Waals surface area (Å²) in [6.07, 6.45) is 7.14. The molecule has 10 nitrogen and oxygen atoms in total. The van der Waals surface area contributed by atoms with E-state index in [0.717, 1.165) is 45.0 Å². The Kier molecular flexibility index (Phi) is 6.98. The Balaban J connectivity index is 1.38. The first kappa shape index (κ1) is 24.7. The lowest BCUT2D eigenvalue weighted by atomic mass is 9.86. The number of fused-ring (bicyclic) bond motifs is 4. The van der Waals surface area contributed by atoms with Gasteiger partial charge in [-0.1, -0.05) is 0 Å². The molecule has 192 valence electrons. The lowest BCUT2D eigenvalue weighted by Crippen LogP contribution is -2.35. The quantitative estimate of drug-likeness (QED) is 0.296. The van der Waals surface area contributed by atoms with Crippen LogP contribution < -0.4 is 20.1 Å². The Morgan fingerprint density at radius 2 is 2.00 bits per heavy atom. The van der Waals surface area contributed by atoms with Gasteiger partial charge in [-0.05, 0) is 43.6 Å². The Hall–Kier alpha value is -2.99. The van der Waals surface area contributed by atoms with Crippen LogP contribution in [-0.2, 0) is 27.5 Å². The van der Waals surface area contributed by atoms with Crippen molar-refractivity contribution in [2.45, 2.75) is 30.6 Å². The highest BCUT2D eigenvalue weighted by atomic mass is 32.2. The molecule has 0 saturated heterocycles. The van der Waals surface area contributed by atoms with E-state index in [1.165, 1.54) is 12.6 Å². The Labute approximate surface area is 213 Å². The van der Waals surface area contributed by atoms with Gasteiger partial charge >= 0.3 is 0 Å². The predicted molar refractivity (Wildman–Crippen MR) is 139 cm³/mol. The number of aryl methyl sites for hydroxylation is 1. The topological polar surface area (TPSA) is 135 Å². The molecule has 2 aliphatic rings. The minimum absolute atomic E-state index is 0.0497. The van der Waals surface area contributed by atoms with Crippen molar-refractivity contribution >= 4 is 50.0 Å². The standard InChI is InChI=1S/C24H29N5O5S2/c1-35-20-12-19-18(33-7-8-34-19)11-17(20)29-23-21-15-10-14(24(30)25-6-3-9-36(2,31)32)4-5-16(15)28-22(21)26-13-27-23/h11-14H,3-10H2,1-2H3,(H,25,30)(H2,26,27,28,29)/t14-/m0/s1. The average molecular weight is 532 g/mol. The zero-order valence-electron chi connectivity index (χ0n) is 20.2. The molecular weight excluding hydrogens is 502 g/mol. The second-order valence-corrected chi connectivity index (χ2v) is 12.2. The van der Waals surface area contributed by atoms with Crippen LogP contribution >= 0.6 is 11.8 Å². The van der Waals surface area contributed by atoms with Crippen molar-refractivity contribution in [3.63, 3.8) is 0 Å². The number of carbonyl (C=O) groups excluding carboxylic acids is 1. The van der Waals surface area contributed by atoms with Crippen molar-refractivity contribution in [2.24, 2.45) is 5.92 Å². The summed E-state index contributed by atoms with van der Waals surface area (Å²) < 4.78 is 34.2. The summed E-state index contributed by atoms with van der Waals surface area (Å²) in [6.45, 7) is 1.38. The molecule has 3 aromatic rings. The molecule has 3 heterocycles. The van der Waals surface area contributed by atoms with Gasteiger partial charge < -0.3 is 25.1 Å². The van der Waals surface area contributed by atoms with E-state index in [2.05, 4.69) is 25.6 Å². The molecule has 1 amide bonds. The van der Waals surface area contributed by atoms with Crippen molar-refractivity contribution in [3.8, 4) is 11.5 Å². The molecule has 3 N–H and O–H groups in total. The highest BCUT2D eigenvalue weighted by Crippen LogP contribution is 2.41. The van der Waals surface area contributed by atoms with E-state index in [4.69, 9.17) is 9.47 Å². The summed E-state index contributed by atoms with van der Waals surface area (Å²) in [6, 6.07) is 3.90. The molecule has 0 unspecified atom stereocenters. The fourth-order valence-corrected chi connectivity index (χ4v) is 5.94. The van der Waals surface area contributed by atoms with E-state index >= 15 is 0 Å². The van der Waals surface area contributed by atoms with Gasteiger partial charge in [-0.25, -0.2) is 18.4 Å². The molecule has 1 aromatic carbocycles. The Morgan fingerprint density at radius 1 is 1.22 bits per heavy atom. The molecule has 5 rings (SSSR count). The number of benzene rings is 1. The van der Waals surface area contributed by atoms with Gasteiger partial charge in [-0.2, -0.15) is 0 Å². The number of nitrogens with zero attached hydrogens (tertiary/aromatic N) is 2. The Bertz CT molecular complexity index is 1410. The number of aromatic nitrogens is 3. The van der Waals surface area contributed by atoms with Gasteiger partial charge in [0.05, 0.1) is 16.8 Å². The monoisotopic (exact) mass is 531 g/mol. The van der Waals surface area contributed by atoms with Crippen LogP contribution in [0.1, 0.15) is 24.1 Å². The number of amides is 1. The van der Waals surface area contributed by atoms with E-state index in [1.807, 2.05) is 18.4 Å². The maximum Gasteiger partial charge on any atom is 0.223 e. The van der Waals surface area contributed by atoms with Gasteiger partial charge in [-0.15, -0.1) is 11.8 Å². The van der Waals surface area contributed by atoms with Crippen LogP contribution in [0.3, 0.4) is 0 Å². The van der Waals surface area contributed by atoms with Crippen molar-refractivity contribution in [1.29, 1.82) is 0 Å². The molecule has 1 aliphatic carbocycles. The number of ether oxygens (including phenoxy) is 2. The minimum atomic E-state index is -3.04. The first-order valence-electron chi connectivity index (χ1n) is 11.9. The lowest BCUT2D eigenvalue weighted by molar-refractivity contribution is -0.125. The van der Waals surface area contributed by atoms with Crippen molar-refractivity contribution in [2.75, 3.05) is 43.3 Å². The molecule has 2 aromatic heterocycles. The highest BCUT2D eigenvalue weighted by molar-refractivity contribution is 7.98. The number of hydrogen-bond donors (Lipinski definition) is 3. The Morgan fingerprint density at radius 3 is 2.75 bits per heavy atom. The fourth-order valence-electron chi connectivity index (χ4n) is 4.71. The third kappa shape index (κ3) is 5.24. The molecule has 36 heavy (non-hydrogen) atoms. The molecule has 0 fully saturated rings. The number of anilines is 2. The normalized spacial score (nSPS) is 17.0. The zero-order valence-corrected chi connectivity index (χ0v) is 21.9. The molecule has 12 heteroatoms. The fraction of sp³-hybridized carbons (Fsp3) is 0.458. The summed E-state index contributed by atoms with van der Waals surface area (Å²) in [7, 11) is -3.04. The molecule has 1 atom stereocenters. The van der Waals surface area contributed by atoms with Gasteiger partial charge in [0.2, 0.25) is 5.91 Å². The number of sulfone groups is 1. The number of rotatable bonds is 8. The van der Waals surface area contributed by atoms with Gasteiger partial charge in [0.15, 0.2) is 11.5 Å². The molecule has 0 radical (unpaired) electrons. The largest absolute Gasteiger partial charge is 0.486 e. The summed E-state index contributed by atoms with van der Waals surface area (Å²) in [5, 5.41) is 7.25. The summed E-state index contributed by atoms with van der Waals surface area (Å²) in [4.78, 5) is 26.2. The number of aromatic amines is 1. The molecule has 0 bridgehead atoms. The third-order valence-corrected chi connectivity index (χ3v) is 8.26. The van der Waals surface area contributed by atoms with Crippen molar-refractivity contribution in [1.82, 2.24) is 20.3 Å². The number of H-pyrrole nitrogens is 1. The first-order valence-corrected chi connectivity index (χ1v) is 15.2. The van der Waals surface area contributed by atoms with Crippen LogP contribution in [0.4, 0.5) is 11.5 Å². The maximum absolute atomic E-state index is 12.8. The molecule has 0 saturated carbocycles. The molecular formula is C24H29N5O5S2. The van der Waals surface area contributed by atoms with Crippen molar-refractivity contribution in [3.05, 3.63) is 29.7 Å². The number of hydrogen-bond acceptors (Lipinski definition) is 9. The highest BCUT2D eigenvalue weighted by Gasteiger charge is 2.29. The van der Waals surface area contributed by atoms with Crippen LogP contribution in [0, 0.1) is 5.92 Å². The number of thioether (sulfide) groups is 1. The predicted octanol–water partition coefficient (Wildman–Crippen LogP) is 2.85. The minimum Gasteiger partial charge on any atom is -0.486 e. The molecule has 1 aliphatic heterocycles. The van der Waals surface area contributed by atoms with Crippen LogP contribution in [0.25, 0.3) is 11.0 Å². The second kappa shape index (κ2) is 10.2. The van der Waals surface area contributed by atoms with Gasteiger partial charge in [0, 0.05) is 35.4 Å². The summed E-state index contributed by atoms with van der Waals surface area (Å²) in [5.74, 6) is 1.90. The first-order chi connectivity index (χ1) is 17.3. The van der Waals surface area contributed by atoms with Gasteiger partial charge in [-0.3, -0.25) is 4.79 Å². The number of carbonyl (C=O) groups is 1. The van der Waals surface area contributed by atoms with E-state index in [9.17, 15) is 13.2 Å². The van der Waals surface area contributed by atoms with Gasteiger partial charge in [0.1, 0.15) is 40.8 Å². The van der Waals surface area contributed by atoms with Crippen LogP contribution in [0.5, 0.6) is 11.5 Å². The van der Waals surface area contributed by atoms with E-state index < -0.39 is 9.84 Å². The van der Waals surface area contributed by atoms with E-state index in [0.29, 0.717) is 50.6 Å². The van der Waals surface area contributed by atoms with E-state index in [1.54, 1.807) is 11.8 Å². The van der Waals surface area contributed by atoms with Crippen LogP contribution in [0.15, 0.2) is 23.4 Å². The second-order valence-electron chi connectivity index (χ2n) is 9.06. The maximum atomic E-state index is 12.8. The smallest absolute Gasteiger partial charge is 0.223 e. The van der Waals surface area contributed by atoms with E-state index in [-0.39, 0.29) is 17.6 Å². The molecule has 0 spiro atoms. The lowest BCUT2D eigenvalue weighted by Gasteiger charge is -2.23. The van der Waals surface area contributed by atoms with Gasteiger partial charge in [0.25, 0.3) is 0 Å². The summed E-state index contributed by atoms with van der Waals surface area (Å²) >= 11 is 1.60. The number of nitrogens with one attached hydrogen (secondary N) is 3.